The Morgan fingerprint density at radius 3 is 1.64 bits per heavy atom. The van der Waals surface area contributed by atoms with Gasteiger partial charge in [0.2, 0.25) is 0 Å². The van der Waals surface area contributed by atoms with Gasteiger partial charge < -0.3 is 18.9 Å². The zero-order valence-corrected chi connectivity index (χ0v) is 13.5. The third-order valence-electron chi connectivity index (χ3n) is 2.59. The molecule has 9 heteroatoms. The molecule has 22 heavy (non-hydrogen) atoms. The first-order valence-corrected chi connectivity index (χ1v) is 7.56. The fourth-order valence-electron chi connectivity index (χ4n) is 1.97. The number of esters is 4. The molecule has 0 unspecified atom stereocenters. The van der Waals surface area contributed by atoms with Gasteiger partial charge >= 0.3 is 23.9 Å². The molecule has 0 aromatic rings. The Morgan fingerprint density at radius 1 is 0.727 bits per heavy atom. The molecule has 0 N–H and O–H groups in total. The molecule has 1 fully saturated rings. The van der Waals surface area contributed by atoms with Crippen molar-refractivity contribution in [2.75, 3.05) is 5.75 Å². The predicted octanol–water partition coefficient (Wildman–Crippen LogP) is 0.417. The van der Waals surface area contributed by atoms with Crippen LogP contribution in [0.5, 0.6) is 0 Å². The Bertz CT molecular complexity index is 421. The highest BCUT2D eigenvalue weighted by atomic mass is 32.2. The van der Waals surface area contributed by atoms with Gasteiger partial charge in [-0.15, -0.1) is 11.8 Å². The number of thioether (sulfide) groups is 1. The van der Waals surface area contributed by atoms with Crippen molar-refractivity contribution in [1.29, 1.82) is 0 Å². The second kappa shape index (κ2) is 8.02. The molecule has 1 saturated heterocycles. The first-order valence-electron chi connectivity index (χ1n) is 6.51. The van der Waals surface area contributed by atoms with Crippen LogP contribution < -0.4 is 0 Å². The molecule has 8 nitrogen and oxygen atoms in total. The molecule has 0 amide bonds. The quantitative estimate of drug-likeness (QED) is 0.534. The van der Waals surface area contributed by atoms with Crippen molar-refractivity contribution in [2.24, 2.45) is 0 Å². The minimum atomic E-state index is -1.06. The third kappa shape index (κ3) is 5.55. The van der Waals surface area contributed by atoms with Gasteiger partial charge in [0.05, 0.1) is 0 Å². The van der Waals surface area contributed by atoms with Crippen molar-refractivity contribution in [1.82, 2.24) is 0 Å². The summed E-state index contributed by atoms with van der Waals surface area (Å²) in [6, 6.07) is 0. The number of carbonyl (C=O) groups excluding carboxylic acids is 4. The summed E-state index contributed by atoms with van der Waals surface area (Å²) in [7, 11) is 0. The van der Waals surface area contributed by atoms with E-state index in [-0.39, 0.29) is 5.75 Å². The van der Waals surface area contributed by atoms with Crippen LogP contribution in [0.3, 0.4) is 0 Å². The van der Waals surface area contributed by atoms with Crippen molar-refractivity contribution in [2.45, 2.75) is 51.4 Å². The highest BCUT2D eigenvalue weighted by Gasteiger charge is 2.47. The van der Waals surface area contributed by atoms with E-state index in [0.29, 0.717) is 0 Å². The van der Waals surface area contributed by atoms with Crippen LogP contribution in [0.4, 0.5) is 0 Å². The fourth-order valence-corrected chi connectivity index (χ4v) is 3.21. The molecule has 0 spiro atoms. The van der Waals surface area contributed by atoms with Gasteiger partial charge in [-0.05, 0) is 0 Å². The monoisotopic (exact) mass is 334 g/mol. The molecule has 1 heterocycles. The Morgan fingerprint density at radius 2 is 1.18 bits per heavy atom. The van der Waals surface area contributed by atoms with E-state index in [4.69, 9.17) is 18.9 Å². The van der Waals surface area contributed by atoms with Gasteiger partial charge in [0, 0.05) is 33.4 Å². The summed E-state index contributed by atoms with van der Waals surface area (Å²) in [5, 5.41) is 0. The van der Waals surface area contributed by atoms with Crippen molar-refractivity contribution in [3.63, 3.8) is 0 Å². The Kier molecular flexibility index (Phi) is 6.66. The lowest BCUT2D eigenvalue weighted by Crippen LogP contribution is -2.55. The Hall–Kier alpha value is -1.77. The molecular weight excluding hydrogens is 316 g/mol. The summed E-state index contributed by atoms with van der Waals surface area (Å²) >= 11 is 1.13. The van der Waals surface area contributed by atoms with Gasteiger partial charge in [0.25, 0.3) is 0 Å². The van der Waals surface area contributed by atoms with E-state index in [1.165, 1.54) is 27.7 Å². The Labute approximate surface area is 131 Å². The molecule has 1 aliphatic rings. The van der Waals surface area contributed by atoms with E-state index < -0.39 is 47.6 Å². The summed E-state index contributed by atoms with van der Waals surface area (Å²) in [6.07, 6.45) is -2.91. The molecule has 1 aliphatic heterocycles. The molecule has 0 aliphatic carbocycles. The van der Waals surface area contributed by atoms with E-state index >= 15 is 0 Å². The average molecular weight is 334 g/mol. The molecule has 0 radical (unpaired) electrons. The number of ether oxygens (including phenoxy) is 4. The first kappa shape index (κ1) is 18.3. The second-order valence-corrected chi connectivity index (χ2v) is 5.74. The van der Waals surface area contributed by atoms with Crippen molar-refractivity contribution < 1.29 is 38.1 Å². The fraction of sp³-hybridized carbons (Fsp3) is 0.692. The predicted molar refractivity (Wildman–Crippen MR) is 74.7 cm³/mol. The summed E-state index contributed by atoms with van der Waals surface area (Å²) in [6.45, 7) is 4.78. The van der Waals surface area contributed by atoms with Crippen LogP contribution in [0.1, 0.15) is 27.7 Å². The van der Waals surface area contributed by atoms with Crippen LogP contribution in [0, 0.1) is 0 Å². The lowest BCUT2D eigenvalue weighted by Gasteiger charge is -2.39. The third-order valence-corrected chi connectivity index (χ3v) is 3.80. The average Bonchev–Trinajstić information content (AvgIpc) is 2.34. The minimum absolute atomic E-state index is 0.229. The molecule has 0 aromatic carbocycles. The standard InChI is InChI=1S/C13H18O8S/c1-6(14)18-10-5-22-13(21-9(4)17)12(20-8(3)16)11(10)19-7(2)15/h10-13H,5H2,1-4H3/t10-,11-,12+,13-/m0/s1. The van der Waals surface area contributed by atoms with Crippen LogP contribution in [-0.4, -0.2) is 53.4 Å². The van der Waals surface area contributed by atoms with Crippen molar-refractivity contribution in [3.05, 3.63) is 0 Å². The van der Waals surface area contributed by atoms with Gasteiger partial charge in [0.15, 0.2) is 23.7 Å². The maximum absolute atomic E-state index is 11.3. The normalized spacial score (nSPS) is 27.5. The largest absolute Gasteiger partial charge is 0.458 e. The topological polar surface area (TPSA) is 105 Å². The number of hydrogen-bond acceptors (Lipinski definition) is 9. The maximum atomic E-state index is 11.3. The highest BCUT2D eigenvalue weighted by Crippen LogP contribution is 2.33. The van der Waals surface area contributed by atoms with Gasteiger partial charge in [-0.2, -0.15) is 0 Å². The molecule has 1 rings (SSSR count). The van der Waals surface area contributed by atoms with Gasteiger partial charge in [-0.3, -0.25) is 19.2 Å². The second-order valence-electron chi connectivity index (χ2n) is 4.61. The lowest BCUT2D eigenvalue weighted by atomic mass is 10.1. The zero-order valence-electron chi connectivity index (χ0n) is 12.7. The number of carbonyl (C=O) groups is 4. The number of hydrogen-bond donors (Lipinski definition) is 0. The van der Waals surface area contributed by atoms with Crippen LogP contribution in [-0.2, 0) is 38.1 Å². The number of rotatable bonds is 4. The van der Waals surface area contributed by atoms with Gasteiger partial charge in [0.1, 0.15) is 0 Å². The summed E-state index contributed by atoms with van der Waals surface area (Å²) in [5.41, 5.74) is -0.849. The van der Waals surface area contributed by atoms with Crippen LogP contribution >= 0.6 is 11.8 Å². The van der Waals surface area contributed by atoms with Gasteiger partial charge in [-0.25, -0.2) is 0 Å². The van der Waals surface area contributed by atoms with Crippen molar-refractivity contribution >= 4 is 35.6 Å². The van der Waals surface area contributed by atoms with E-state index in [0.717, 1.165) is 11.8 Å². The van der Waals surface area contributed by atoms with E-state index in [1.54, 1.807) is 0 Å². The molecule has 124 valence electrons. The maximum Gasteiger partial charge on any atom is 0.303 e. The lowest BCUT2D eigenvalue weighted by molar-refractivity contribution is -0.191. The molecule has 0 saturated carbocycles. The first-order chi connectivity index (χ1) is 10.2. The Balaban J connectivity index is 3.03. The highest BCUT2D eigenvalue weighted by molar-refractivity contribution is 7.99. The molecular formula is C13H18O8S. The van der Waals surface area contributed by atoms with E-state index in [9.17, 15) is 19.2 Å². The van der Waals surface area contributed by atoms with Crippen LogP contribution in [0.2, 0.25) is 0 Å². The smallest absolute Gasteiger partial charge is 0.303 e. The summed E-state index contributed by atoms with van der Waals surface area (Å²) in [5.74, 6) is -2.17. The SMILES string of the molecule is CC(=O)O[C@@H]1[C@@H](OC(C)=O)[C@@H](OC(C)=O)SC[C@@H]1OC(C)=O. The van der Waals surface area contributed by atoms with Crippen LogP contribution in [0.15, 0.2) is 0 Å². The molecule has 0 bridgehead atoms. The molecule has 0 aromatic heterocycles. The summed E-state index contributed by atoms with van der Waals surface area (Å²) in [4.78, 5) is 44.9. The summed E-state index contributed by atoms with van der Waals surface area (Å²) < 4.78 is 20.4. The zero-order chi connectivity index (χ0) is 16.9. The van der Waals surface area contributed by atoms with E-state index in [2.05, 4.69) is 0 Å². The van der Waals surface area contributed by atoms with Crippen molar-refractivity contribution in [3.8, 4) is 0 Å². The minimum Gasteiger partial charge on any atom is -0.458 e. The van der Waals surface area contributed by atoms with Crippen LogP contribution in [0.25, 0.3) is 0 Å². The van der Waals surface area contributed by atoms with E-state index in [1.807, 2.05) is 0 Å². The molecule has 4 atom stereocenters. The van der Waals surface area contributed by atoms with Gasteiger partial charge in [-0.1, -0.05) is 0 Å².